The summed E-state index contributed by atoms with van der Waals surface area (Å²) < 4.78 is 4.59. The maximum Gasteiger partial charge on any atom is 0.307 e. The van der Waals surface area contributed by atoms with E-state index < -0.39 is 0 Å². The Balaban J connectivity index is 2.27. The van der Waals surface area contributed by atoms with Gasteiger partial charge < -0.3 is 15.4 Å². The monoisotopic (exact) mass is 309 g/mol. The second kappa shape index (κ2) is 11.0. The van der Waals surface area contributed by atoms with Crippen LogP contribution in [-0.4, -0.2) is 44.4 Å². The molecule has 0 spiro atoms. The Kier molecular flexibility index (Phi) is 9.11. The van der Waals surface area contributed by atoms with Crippen molar-refractivity contribution >= 4 is 23.7 Å². The van der Waals surface area contributed by atoms with E-state index in [-0.39, 0.29) is 5.97 Å². The molecule has 2 N–H and O–H groups in total. The first-order chi connectivity index (χ1) is 10.3. The zero-order valence-corrected chi connectivity index (χ0v) is 13.4. The van der Waals surface area contributed by atoms with Gasteiger partial charge in [-0.2, -0.15) is 0 Å². The van der Waals surface area contributed by atoms with Crippen LogP contribution in [0.4, 0.5) is 0 Å². The summed E-state index contributed by atoms with van der Waals surface area (Å²) in [6, 6.07) is 10.3. The van der Waals surface area contributed by atoms with E-state index in [0.717, 1.165) is 24.8 Å². The van der Waals surface area contributed by atoms with E-state index in [4.69, 9.17) is 0 Å². The Morgan fingerprint density at radius 1 is 1.29 bits per heavy atom. The van der Waals surface area contributed by atoms with Crippen LogP contribution in [0.1, 0.15) is 13.3 Å². The molecular formula is C15H23N3O2S. The minimum atomic E-state index is -0.241. The number of hydrogen-bond donors (Lipinski definition) is 2. The Morgan fingerprint density at radius 2 is 2.05 bits per heavy atom. The fourth-order valence-electron chi connectivity index (χ4n) is 1.56. The molecule has 0 amide bonds. The number of hydrogen-bond acceptors (Lipinski definition) is 4. The van der Waals surface area contributed by atoms with Crippen LogP contribution >= 0.6 is 11.8 Å². The molecule has 1 aromatic rings. The van der Waals surface area contributed by atoms with Crippen LogP contribution in [0.3, 0.4) is 0 Å². The van der Waals surface area contributed by atoms with Crippen molar-refractivity contribution in [3.05, 3.63) is 30.3 Å². The predicted molar refractivity (Wildman–Crippen MR) is 87.8 cm³/mol. The molecule has 0 aliphatic carbocycles. The first kappa shape index (κ1) is 17.4. The smallest absolute Gasteiger partial charge is 0.307 e. The van der Waals surface area contributed by atoms with Gasteiger partial charge in [0, 0.05) is 23.7 Å². The summed E-state index contributed by atoms with van der Waals surface area (Å²) in [5, 5.41) is 6.40. The van der Waals surface area contributed by atoms with E-state index in [1.165, 1.54) is 12.0 Å². The third-order valence-corrected chi connectivity index (χ3v) is 3.58. The SMILES string of the molecule is CCNC(=NCCC(=O)OC)NCCSc1ccccc1. The fraction of sp³-hybridized carbons (Fsp3) is 0.467. The van der Waals surface area contributed by atoms with Crippen molar-refractivity contribution in [2.45, 2.75) is 18.2 Å². The maximum absolute atomic E-state index is 11.0. The van der Waals surface area contributed by atoms with Crippen LogP contribution in [-0.2, 0) is 9.53 Å². The lowest BCUT2D eigenvalue weighted by Crippen LogP contribution is -2.38. The van der Waals surface area contributed by atoms with E-state index >= 15 is 0 Å². The molecule has 0 heterocycles. The molecular weight excluding hydrogens is 286 g/mol. The molecule has 0 atom stereocenters. The molecule has 0 aromatic heterocycles. The quantitative estimate of drug-likeness (QED) is 0.252. The highest BCUT2D eigenvalue weighted by atomic mass is 32.2. The normalized spacial score (nSPS) is 11.0. The highest BCUT2D eigenvalue weighted by molar-refractivity contribution is 7.99. The van der Waals surface area contributed by atoms with Gasteiger partial charge in [-0.25, -0.2) is 0 Å². The van der Waals surface area contributed by atoms with Crippen molar-refractivity contribution < 1.29 is 9.53 Å². The van der Waals surface area contributed by atoms with Gasteiger partial charge in [0.05, 0.1) is 20.1 Å². The number of carbonyl (C=O) groups excluding carboxylic acids is 1. The average Bonchev–Trinajstić information content (AvgIpc) is 2.52. The number of ether oxygens (including phenoxy) is 1. The van der Waals surface area contributed by atoms with Gasteiger partial charge in [0.1, 0.15) is 0 Å². The van der Waals surface area contributed by atoms with E-state index in [1.54, 1.807) is 11.8 Å². The molecule has 0 fully saturated rings. The van der Waals surface area contributed by atoms with Gasteiger partial charge in [-0.3, -0.25) is 9.79 Å². The van der Waals surface area contributed by atoms with Crippen molar-refractivity contribution in [3.8, 4) is 0 Å². The third-order valence-electron chi connectivity index (χ3n) is 2.56. The number of thioether (sulfide) groups is 1. The number of esters is 1. The predicted octanol–water partition coefficient (Wildman–Crippen LogP) is 1.90. The molecule has 6 heteroatoms. The number of nitrogens with zero attached hydrogens (tertiary/aromatic N) is 1. The van der Waals surface area contributed by atoms with Crippen molar-refractivity contribution in [1.82, 2.24) is 10.6 Å². The van der Waals surface area contributed by atoms with E-state index in [2.05, 4.69) is 32.5 Å². The first-order valence-corrected chi connectivity index (χ1v) is 8.01. The lowest BCUT2D eigenvalue weighted by Gasteiger charge is -2.11. The molecule has 1 aromatic carbocycles. The molecule has 0 aliphatic heterocycles. The summed E-state index contributed by atoms with van der Waals surface area (Å²) in [6.07, 6.45) is 0.297. The van der Waals surface area contributed by atoms with Crippen molar-refractivity contribution in [3.63, 3.8) is 0 Å². The van der Waals surface area contributed by atoms with Gasteiger partial charge in [-0.05, 0) is 19.1 Å². The van der Waals surface area contributed by atoms with Crippen LogP contribution < -0.4 is 10.6 Å². The molecule has 0 unspecified atom stereocenters. The number of benzene rings is 1. The first-order valence-electron chi connectivity index (χ1n) is 7.03. The number of carbonyl (C=O) groups is 1. The minimum Gasteiger partial charge on any atom is -0.469 e. The highest BCUT2D eigenvalue weighted by Crippen LogP contribution is 2.15. The van der Waals surface area contributed by atoms with Gasteiger partial charge in [0.2, 0.25) is 0 Å². The largest absolute Gasteiger partial charge is 0.469 e. The minimum absolute atomic E-state index is 0.241. The molecule has 0 aliphatic rings. The number of guanidine groups is 1. The number of methoxy groups -OCH3 is 1. The maximum atomic E-state index is 11.0. The highest BCUT2D eigenvalue weighted by Gasteiger charge is 2.00. The molecule has 5 nitrogen and oxygen atoms in total. The second-order valence-corrected chi connectivity index (χ2v) is 5.34. The number of rotatable bonds is 8. The van der Waals surface area contributed by atoms with Crippen LogP contribution in [0.2, 0.25) is 0 Å². The van der Waals surface area contributed by atoms with Gasteiger partial charge in [0.25, 0.3) is 0 Å². The summed E-state index contributed by atoms with van der Waals surface area (Å²) in [5.74, 6) is 1.44. The molecule has 0 radical (unpaired) electrons. The molecule has 1 rings (SSSR count). The molecule has 21 heavy (non-hydrogen) atoms. The summed E-state index contributed by atoms with van der Waals surface area (Å²) in [6.45, 7) is 4.03. The number of nitrogens with one attached hydrogen (secondary N) is 2. The van der Waals surface area contributed by atoms with Gasteiger partial charge >= 0.3 is 5.97 Å². The lowest BCUT2D eigenvalue weighted by atomic mass is 10.4. The van der Waals surface area contributed by atoms with Gasteiger partial charge in [0.15, 0.2) is 5.96 Å². The van der Waals surface area contributed by atoms with Crippen LogP contribution in [0.25, 0.3) is 0 Å². The second-order valence-electron chi connectivity index (χ2n) is 4.18. The summed E-state index contributed by atoms with van der Waals surface area (Å²) in [5.41, 5.74) is 0. The average molecular weight is 309 g/mol. The lowest BCUT2D eigenvalue weighted by molar-refractivity contribution is -0.140. The molecule has 116 valence electrons. The van der Waals surface area contributed by atoms with Crippen molar-refractivity contribution in [2.75, 3.05) is 32.5 Å². The summed E-state index contributed by atoms with van der Waals surface area (Å²) >= 11 is 1.79. The van der Waals surface area contributed by atoms with Gasteiger partial charge in [-0.1, -0.05) is 18.2 Å². The van der Waals surface area contributed by atoms with Crippen molar-refractivity contribution in [2.24, 2.45) is 4.99 Å². The fourth-order valence-corrected chi connectivity index (χ4v) is 2.35. The van der Waals surface area contributed by atoms with Gasteiger partial charge in [-0.15, -0.1) is 11.8 Å². The van der Waals surface area contributed by atoms with Crippen molar-refractivity contribution in [1.29, 1.82) is 0 Å². The Morgan fingerprint density at radius 3 is 2.71 bits per heavy atom. The van der Waals surface area contributed by atoms with Crippen LogP contribution in [0.5, 0.6) is 0 Å². The topological polar surface area (TPSA) is 62.7 Å². The zero-order valence-electron chi connectivity index (χ0n) is 12.6. The van der Waals surface area contributed by atoms with E-state index in [0.29, 0.717) is 13.0 Å². The molecule has 0 saturated carbocycles. The standard InChI is InChI=1S/C15H23N3O2S/c1-3-16-15(17-10-9-14(19)20-2)18-11-12-21-13-7-5-4-6-8-13/h4-8H,3,9-12H2,1-2H3,(H2,16,17,18). The van der Waals surface area contributed by atoms with Crippen LogP contribution in [0, 0.1) is 0 Å². The molecule has 0 bridgehead atoms. The third kappa shape index (κ3) is 8.24. The van der Waals surface area contributed by atoms with E-state index in [1.807, 2.05) is 25.1 Å². The zero-order chi connectivity index (χ0) is 15.3. The number of aliphatic imine (C=N–C) groups is 1. The Labute approximate surface area is 130 Å². The Hall–Kier alpha value is -1.69. The summed E-state index contributed by atoms with van der Waals surface area (Å²) in [7, 11) is 1.39. The van der Waals surface area contributed by atoms with Crippen LogP contribution in [0.15, 0.2) is 40.2 Å². The molecule has 0 saturated heterocycles. The Bertz CT molecular complexity index is 438. The summed E-state index contributed by atoms with van der Waals surface area (Å²) in [4.78, 5) is 16.6. The van der Waals surface area contributed by atoms with E-state index in [9.17, 15) is 4.79 Å².